The van der Waals surface area contributed by atoms with E-state index in [4.69, 9.17) is 9.84 Å². The molecule has 1 aliphatic rings. The first kappa shape index (κ1) is 15.4. The smallest absolute Gasteiger partial charge is 0.323 e. The van der Waals surface area contributed by atoms with Crippen molar-refractivity contribution in [3.05, 3.63) is 0 Å². The second-order valence-electron chi connectivity index (χ2n) is 4.78. The molecule has 0 radical (unpaired) electrons. The predicted octanol–water partition coefficient (Wildman–Crippen LogP) is -0.445. The molecule has 1 unspecified atom stereocenters. The zero-order valence-corrected chi connectivity index (χ0v) is 11.5. The van der Waals surface area contributed by atoms with Gasteiger partial charge in [-0.1, -0.05) is 0 Å². The average Bonchev–Trinajstić information content (AvgIpc) is 2.31. The second kappa shape index (κ2) is 6.51. The van der Waals surface area contributed by atoms with E-state index in [1.807, 2.05) is 13.8 Å². The third-order valence-electron chi connectivity index (χ3n) is 2.93. The zero-order chi connectivity index (χ0) is 14.6. The van der Waals surface area contributed by atoms with Crippen LogP contribution in [0.5, 0.6) is 0 Å². The first-order valence-corrected chi connectivity index (χ1v) is 6.24. The molecule has 1 rings (SSSR count). The molecule has 1 fully saturated rings. The summed E-state index contributed by atoms with van der Waals surface area (Å²) in [7, 11) is 0. The van der Waals surface area contributed by atoms with Crippen LogP contribution in [-0.2, 0) is 19.1 Å². The highest BCUT2D eigenvalue weighted by Gasteiger charge is 2.34. The summed E-state index contributed by atoms with van der Waals surface area (Å²) >= 11 is 0. The molecular weight excluding hydrogens is 252 g/mol. The van der Waals surface area contributed by atoms with E-state index in [0.29, 0.717) is 6.54 Å². The number of aliphatic carboxylic acids is 1. The Balaban J connectivity index is 2.58. The summed E-state index contributed by atoms with van der Waals surface area (Å²) in [6.07, 6.45) is -0.0525. The maximum atomic E-state index is 11.9. The standard InChI is InChI=1S/C12H20N2O5/c1-8(2)19-7-10(15)14-5-4-13(6-11(16)17)12(18)9(14)3/h8-9H,4-7H2,1-3H3,(H,16,17). The number of hydrogen-bond donors (Lipinski definition) is 1. The molecule has 0 aliphatic carbocycles. The maximum absolute atomic E-state index is 11.9. The van der Waals surface area contributed by atoms with E-state index >= 15 is 0 Å². The number of carboxylic acids is 1. The monoisotopic (exact) mass is 272 g/mol. The number of hydrogen-bond acceptors (Lipinski definition) is 4. The fourth-order valence-electron chi connectivity index (χ4n) is 1.91. The van der Waals surface area contributed by atoms with Crippen LogP contribution in [0.25, 0.3) is 0 Å². The highest BCUT2D eigenvalue weighted by Crippen LogP contribution is 2.11. The lowest BCUT2D eigenvalue weighted by molar-refractivity contribution is -0.156. The van der Waals surface area contributed by atoms with E-state index in [-0.39, 0.29) is 37.6 Å². The Morgan fingerprint density at radius 3 is 2.58 bits per heavy atom. The second-order valence-corrected chi connectivity index (χ2v) is 4.78. The molecule has 1 atom stereocenters. The van der Waals surface area contributed by atoms with Crippen LogP contribution >= 0.6 is 0 Å². The molecule has 7 nitrogen and oxygen atoms in total. The molecule has 0 bridgehead atoms. The van der Waals surface area contributed by atoms with Gasteiger partial charge in [-0.2, -0.15) is 0 Å². The SMILES string of the molecule is CC(C)OCC(=O)N1CCN(CC(=O)O)C(=O)C1C. The molecule has 7 heteroatoms. The normalized spacial score (nSPS) is 20.0. The van der Waals surface area contributed by atoms with Crippen LogP contribution in [0.3, 0.4) is 0 Å². The van der Waals surface area contributed by atoms with Crippen LogP contribution in [-0.4, -0.2) is 71.1 Å². The third kappa shape index (κ3) is 4.20. The van der Waals surface area contributed by atoms with Crippen LogP contribution in [0.4, 0.5) is 0 Å². The van der Waals surface area contributed by atoms with Crippen LogP contribution in [0.15, 0.2) is 0 Å². The minimum atomic E-state index is -1.05. The number of rotatable bonds is 5. The molecule has 19 heavy (non-hydrogen) atoms. The minimum absolute atomic E-state index is 0.0525. The van der Waals surface area contributed by atoms with Gasteiger partial charge in [-0.25, -0.2) is 0 Å². The van der Waals surface area contributed by atoms with Gasteiger partial charge in [0, 0.05) is 13.1 Å². The van der Waals surface area contributed by atoms with Crippen molar-refractivity contribution < 1.29 is 24.2 Å². The first-order chi connectivity index (χ1) is 8.82. The number of piperazine rings is 1. The molecule has 1 heterocycles. The van der Waals surface area contributed by atoms with Crippen molar-refractivity contribution in [1.29, 1.82) is 0 Å². The summed E-state index contributed by atoms with van der Waals surface area (Å²) in [6.45, 7) is 5.44. The molecule has 108 valence electrons. The van der Waals surface area contributed by atoms with E-state index in [1.54, 1.807) is 6.92 Å². The molecule has 1 saturated heterocycles. The minimum Gasteiger partial charge on any atom is -0.480 e. The van der Waals surface area contributed by atoms with E-state index in [1.165, 1.54) is 9.80 Å². The summed E-state index contributed by atoms with van der Waals surface area (Å²) < 4.78 is 5.22. The Morgan fingerprint density at radius 2 is 2.05 bits per heavy atom. The van der Waals surface area contributed by atoms with Gasteiger partial charge in [-0.3, -0.25) is 14.4 Å². The lowest BCUT2D eigenvalue weighted by Crippen LogP contribution is -2.59. The van der Waals surface area contributed by atoms with Gasteiger partial charge in [0.05, 0.1) is 6.10 Å². The Hall–Kier alpha value is -1.63. The first-order valence-electron chi connectivity index (χ1n) is 6.24. The third-order valence-corrected chi connectivity index (χ3v) is 2.93. The lowest BCUT2D eigenvalue weighted by atomic mass is 10.1. The predicted molar refractivity (Wildman–Crippen MR) is 66.5 cm³/mol. The molecule has 1 N–H and O–H groups in total. The largest absolute Gasteiger partial charge is 0.480 e. The Bertz CT molecular complexity index is 369. The van der Waals surface area contributed by atoms with Crippen LogP contribution in [0.1, 0.15) is 20.8 Å². The maximum Gasteiger partial charge on any atom is 0.323 e. The van der Waals surface area contributed by atoms with Crippen LogP contribution in [0.2, 0.25) is 0 Å². The van der Waals surface area contributed by atoms with Gasteiger partial charge in [0.15, 0.2) is 0 Å². The van der Waals surface area contributed by atoms with Gasteiger partial charge in [0.25, 0.3) is 0 Å². The lowest BCUT2D eigenvalue weighted by Gasteiger charge is -2.38. The summed E-state index contributed by atoms with van der Waals surface area (Å²) in [6, 6.07) is -0.642. The highest BCUT2D eigenvalue weighted by atomic mass is 16.5. The molecular formula is C12H20N2O5. The number of carbonyl (C=O) groups is 3. The number of amides is 2. The topological polar surface area (TPSA) is 87.2 Å². The summed E-state index contributed by atoms with van der Waals surface area (Å²) in [5.74, 6) is -1.64. The highest BCUT2D eigenvalue weighted by molar-refractivity contribution is 5.90. The fourth-order valence-corrected chi connectivity index (χ4v) is 1.91. The molecule has 1 aliphatic heterocycles. The van der Waals surface area contributed by atoms with Crippen molar-refractivity contribution in [2.45, 2.75) is 32.9 Å². The molecule has 0 saturated carbocycles. The van der Waals surface area contributed by atoms with Crippen molar-refractivity contribution in [2.75, 3.05) is 26.2 Å². The molecule has 0 aromatic carbocycles. The molecule has 0 spiro atoms. The quantitative estimate of drug-likeness (QED) is 0.733. The number of carboxylic acid groups (broad SMARTS) is 1. The van der Waals surface area contributed by atoms with Crippen LogP contribution in [0, 0.1) is 0 Å². The van der Waals surface area contributed by atoms with Crippen molar-refractivity contribution in [2.24, 2.45) is 0 Å². The van der Waals surface area contributed by atoms with Crippen molar-refractivity contribution >= 4 is 17.8 Å². The average molecular weight is 272 g/mol. The van der Waals surface area contributed by atoms with Gasteiger partial charge in [-0.15, -0.1) is 0 Å². The van der Waals surface area contributed by atoms with Crippen molar-refractivity contribution in [3.63, 3.8) is 0 Å². The van der Waals surface area contributed by atoms with Gasteiger partial charge in [0.2, 0.25) is 11.8 Å². The van der Waals surface area contributed by atoms with Crippen molar-refractivity contribution in [1.82, 2.24) is 9.80 Å². The number of ether oxygens (including phenoxy) is 1. The summed E-state index contributed by atoms with van der Waals surface area (Å²) in [4.78, 5) is 37.1. The number of nitrogens with zero attached hydrogens (tertiary/aromatic N) is 2. The van der Waals surface area contributed by atoms with Gasteiger partial charge < -0.3 is 19.6 Å². The Morgan fingerprint density at radius 1 is 1.42 bits per heavy atom. The van der Waals surface area contributed by atoms with Gasteiger partial charge >= 0.3 is 5.97 Å². The zero-order valence-electron chi connectivity index (χ0n) is 11.5. The Labute approximate surface area is 112 Å². The summed E-state index contributed by atoms with van der Waals surface area (Å²) in [5, 5.41) is 8.70. The van der Waals surface area contributed by atoms with Crippen molar-refractivity contribution in [3.8, 4) is 0 Å². The molecule has 0 aromatic heterocycles. The van der Waals surface area contributed by atoms with E-state index in [0.717, 1.165) is 0 Å². The number of carbonyl (C=O) groups excluding carboxylic acids is 2. The van der Waals surface area contributed by atoms with Gasteiger partial charge in [-0.05, 0) is 20.8 Å². The van der Waals surface area contributed by atoms with Gasteiger partial charge in [0.1, 0.15) is 19.2 Å². The molecule has 0 aromatic rings. The fraction of sp³-hybridized carbons (Fsp3) is 0.750. The summed E-state index contributed by atoms with van der Waals surface area (Å²) in [5.41, 5.74) is 0. The van der Waals surface area contributed by atoms with Crippen LogP contribution < -0.4 is 0 Å². The Kier molecular flexibility index (Phi) is 5.29. The van der Waals surface area contributed by atoms with E-state index in [9.17, 15) is 14.4 Å². The van der Waals surface area contributed by atoms with E-state index < -0.39 is 12.0 Å². The van der Waals surface area contributed by atoms with E-state index in [2.05, 4.69) is 0 Å². The molecule has 2 amide bonds.